The minimum atomic E-state index is -0.534. The highest BCUT2D eigenvalue weighted by Gasteiger charge is 2.47. The Morgan fingerprint density at radius 1 is 1.47 bits per heavy atom. The monoisotopic (exact) mass is 265 g/mol. The van der Waals surface area contributed by atoms with Gasteiger partial charge in [0.15, 0.2) is 0 Å². The molecular weight excluding hydrogens is 242 g/mol. The summed E-state index contributed by atoms with van der Waals surface area (Å²) in [5.74, 6) is 0.230. The molecule has 1 aliphatic carbocycles. The zero-order valence-electron chi connectivity index (χ0n) is 12.2. The quantitative estimate of drug-likeness (QED) is 0.633. The van der Waals surface area contributed by atoms with E-state index in [2.05, 4.69) is 0 Å². The van der Waals surface area contributed by atoms with Crippen molar-refractivity contribution in [1.82, 2.24) is 4.90 Å². The molecule has 1 aliphatic heterocycles. The molecule has 0 aromatic heterocycles. The average Bonchev–Trinajstić information content (AvgIpc) is 2.27. The van der Waals surface area contributed by atoms with Crippen molar-refractivity contribution in [3.8, 4) is 0 Å². The van der Waals surface area contributed by atoms with Gasteiger partial charge in [-0.05, 0) is 40.5 Å². The average molecular weight is 265 g/mol. The second-order valence-corrected chi connectivity index (χ2v) is 6.65. The number of nitrogens with zero attached hydrogens (tertiary/aromatic N) is 1. The maximum absolute atomic E-state index is 12.3. The highest BCUT2D eigenvalue weighted by atomic mass is 16.6. The molecule has 0 bridgehead atoms. The Kier molecular flexibility index (Phi) is 3.45. The Bertz CT molecular complexity index is 422. The van der Waals surface area contributed by atoms with Gasteiger partial charge < -0.3 is 9.64 Å². The topological polar surface area (TPSA) is 46.6 Å². The lowest BCUT2D eigenvalue weighted by Crippen LogP contribution is -2.56. The number of carbonyl (C=O) groups excluding carboxylic acids is 2. The predicted octanol–water partition coefficient (Wildman–Crippen LogP) is 2.92. The van der Waals surface area contributed by atoms with Crippen LogP contribution in [0.5, 0.6) is 0 Å². The number of ketones is 1. The van der Waals surface area contributed by atoms with Crippen LogP contribution in [0.25, 0.3) is 0 Å². The van der Waals surface area contributed by atoms with Crippen LogP contribution in [0.1, 0.15) is 47.0 Å². The van der Waals surface area contributed by atoms with Gasteiger partial charge in [0.25, 0.3) is 0 Å². The van der Waals surface area contributed by atoms with E-state index in [0.717, 1.165) is 12.8 Å². The van der Waals surface area contributed by atoms with E-state index in [1.165, 1.54) is 0 Å². The summed E-state index contributed by atoms with van der Waals surface area (Å²) in [6.07, 6.45) is 5.89. The Balaban J connectivity index is 2.22. The van der Waals surface area contributed by atoms with Crippen LogP contribution in [0.3, 0.4) is 0 Å². The van der Waals surface area contributed by atoms with Crippen LogP contribution >= 0.6 is 0 Å². The molecule has 106 valence electrons. The van der Waals surface area contributed by atoms with Crippen molar-refractivity contribution in [3.63, 3.8) is 0 Å². The van der Waals surface area contributed by atoms with Crippen molar-refractivity contribution in [1.29, 1.82) is 0 Å². The second-order valence-electron chi connectivity index (χ2n) is 6.65. The van der Waals surface area contributed by atoms with Gasteiger partial charge >= 0.3 is 6.09 Å². The van der Waals surface area contributed by atoms with Gasteiger partial charge in [0.05, 0.1) is 11.5 Å². The van der Waals surface area contributed by atoms with Gasteiger partial charge in [0, 0.05) is 13.0 Å². The molecule has 4 heteroatoms. The fourth-order valence-corrected chi connectivity index (χ4v) is 2.96. The summed E-state index contributed by atoms with van der Waals surface area (Å²) < 4.78 is 5.45. The third kappa shape index (κ3) is 2.67. The second kappa shape index (κ2) is 4.66. The van der Waals surface area contributed by atoms with Gasteiger partial charge in [0.1, 0.15) is 11.4 Å². The van der Waals surface area contributed by atoms with Crippen LogP contribution in [-0.4, -0.2) is 35.0 Å². The highest BCUT2D eigenvalue weighted by Crippen LogP contribution is 2.40. The van der Waals surface area contributed by atoms with E-state index in [-0.39, 0.29) is 17.9 Å². The standard InChI is InChI=1S/C15H23NO3/c1-14(2,3)19-13(18)16-10-6-9-15(4)11(16)7-5-8-12(15)17/h6,9,11H,5,7-8,10H2,1-4H3/t11-,15-/m1/s1. The number of fused-ring (bicyclic) bond motifs is 1. The summed E-state index contributed by atoms with van der Waals surface area (Å²) in [6, 6.07) is -0.0615. The maximum atomic E-state index is 12.3. The third-order valence-electron chi connectivity index (χ3n) is 3.94. The van der Waals surface area contributed by atoms with E-state index in [9.17, 15) is 9.59 Å². The maximum Gasteiger partial charge on any atom is 0.410 e. The van der Waals surface area contributed by atoms with Crippen molar-refractivity contribution in [3.05, 3.63) is 12.2 Å². The SMILES string of the molecule is CC(C)(C)OC(=O)N1CC=C[C@@]2(C)C(=O)CCC[C@@H]12. The van der Waals surface area contributed by atoms with Gasteiger partial charge in [-0.3, -0.25) is 4.79 Å². The molecule has 1 fully saturated rings. The largest absolute Gasteiger partial charge is 0.444 e. The van der Waals surface area contributed by atoms with Crippen LogP contribution in [0.2, 0.25) is 0 Å². The molecule has 1 saturated carbocycles. The first-order valence-corrected chi connectivity index (χ1v) is 6.95. The molecule has 2 aliphatic rings. The molecule has 0 saturated heterocycles. The summed E-state index contributed by atoms with van der Waals surface area (Å²) in [5.41, 5.74) is -1.04. The Hall–Kier alpha value is -1.32. The van der Waals surface area contributed by atoms with Crippen molar-refractivity contribution in [2.75, 3.05) is 6.54 Å². The summed E-state index contributed by atoms with van der Waals surface area (Å²) >= 11 is 0. The van der Waals surface area contributed by atoms with Gasteiger partial charge in [-0.15, -0.1) is 0 Å². The molecule has 0 aromatic carbocycles. The zero-order chi connectivity index (χ0) is 14.3. The summed E-state index contributed by atoms with van der Waals surface area (Å²) in [4.78, 5) is 26.2. The Morgan fingerprint density at radius 2 is 2.16 bits per heavy atom. The number of carbonyl (C=O) groups is 2. The molecule has 2 atom stereocenters. The van der Waals surface area contributed by atoms with Crippen molar-refractivity contribution >= 4 is 11.9 Å². The fourth-order valence-electron chi connectivity index (χ4n) is 2.96. The van der Waals surface area contributed by atoms with Crippen molar-refractivity contribution in [2.45, 2.75) is 58.6 Å². The normalized spacial score (nSPS) is 31.1. The molecule has 0 spiro atoms. The highest BCUT2D eigenvalue weighted by molar-refractivity contribution is 5.89. The van der Waals surface area contributed by atoms with Crippen molar-refractivity contribution < 1.29 is 14.3 Å². The smallest absolute Gasteiger partial charge is 0.410 e. The van der Waals surface area contributed by atoms with Gasteiger partial charge in [-0.25, -0.2) is 4.79 Å². The molecule has 0 N–H and O–H groups in total. The van der Waals surface area contributed by atoms with E-state index in [0.29, 0.717) is 13.0 Å². The van der Waals surface area contributed by atoms with E-state index in [1.807, 2.05) is 39.8 Å². The molecule has 2 rings (SSSR count). The van der Waals surface area contributed by atoms with Crippen LogP contribution in [0.15, 0.2) is 12.2 Å². The Labute approximate surface area is 114 Å². The lowest BCUT2D eigenvalue weighted by atomic mass is 9.68. The fraction of sp³-hybridized carbons (Fsp3) is 0.733. The predicted molar refractivity (Wildman–Crippen MR) is 72.8 cm³/mol. The number of hydrogen-bond donors (Lipinski definition) is 0. The number of Topliss-reactive ketones (excluding diaryl/α,β-unsaturated/α-hetero) is 1. The van der Waals surface area contributed by atoms with Crippen LogP contribution in [0.4, 0.5) is 4.79 Å². The van der Waals surface area contributed by atoms with Crippen molar-refractivity contribution in [2.24, 2.45) is 5.41 Å². The number of ether oxygens (including phenoxy) is 1. The van der Waals surface area contributed by atoms with E-state index in [1.54, 1.807) is 4.90 Å². The molecule has 4 nitrogen and oxygen atoms in total. The molecule has 19 heavy (non-hydrogen) atoms. The zero-order valence-corrected chi connectivity index (χ0v) is 12.2. The Morgan fingerprint density at radius 3 is 2.79 bits per heavy atom. The van der Waals surface area contributed by atoms with E-state index < -0.39 is 11.0 Å². The first kappa shape index (κ1) is 14.1. The summed E-state index contributed by atoms with van der Waals surface area (Å²) in [5, 5.41) is 0. The van der Waals surface area contributed by atoms with E-state index >= 15 is 0 Å². The molecular formula is C15H23NO3. The first-order valence-electron chi connectivity index (χ1n) is 6.95. The number of hydrogen-bond acceptors (Lipinski definition) is 3. The minimum absolute atomic E-state index is 0.0615. The van der Waals surface area contributed by atoms with Crippen LogP contribution < -0.4 is 0 Å². The first-order chi connectivity index (χ1) is 8.74. The lowest BCUT2D eigenvalue weighted by molar-refractivity contribution is -0.131. The van der Waals surface area contributed by atoms with Crippen LogP contribution in [0, 0.1) is 5.41 Å². The van der Waals surface area contributed by atoms with Gasteiger partial charge in [-0.1, -0.05) is 12.2 Å². The third-order valence-corrected chi connectivity index (χ3v) is 3.94. The number of amides is 1. The van der Waals surface area contributed by atoms with Gasteiger partial charge in [0.2, 0.25) is 0 Å². The minimum Gasteiger partial charge on any atom is -0.444 e. The lowest BCUT2D eigenvalue weighted by Gasteiger charge is -2.46. The molecule has 0 unspecified atom stereocenters. The number of rotatable bonds is 0. The molecule has 1 amide bonds. The molecule has 0 aromatic rings. The van der Waals surface area contributed by atoms with Gasteiger partial charge in [-0.2, -0.15) is 0 Å². The molecule has 0 radical (unpaired) electrons. The summed E-state index contributed by atoms with van der Waals surface area (Å²) in [7, 11) is 0. The van der Waals surface area contributed by atoms with E-state index in [4.69, 9.17) is 4.74 Å². The molecule has 1 heterocycles. The summed E-state index contributed by atoms with van der Waals surface area (Å²) in [6.45, 7) is 8.04. The van der Waals surface area contributed by atoms with Crippen LogP contribution in [-0.2, 0) is 9.53 Å².